The molecule has 2 aromatic carbocycles. The Balaban J connectivity index is 2.19. The largest absolute Gasteiger partial charge is 0.496 e. The highest BCUT2D eigenvalue weighted by Gasteiger charge is 2.11. The summed E-state index contributed by atoms with van der Waals surface area (Å²) in [6.07, 6.45) is 3.49. The summed E-state index contributed by atoms with van der Waals surface area (Å²) in [5, 5.41) is 20.2. The molecule has 0 unspecified atom stereocenters. The van der Waals surface area contributed by atoms with Crippen molar-refractivity contribution in [1.29, 1.82) is 10.5 Å². The number of nitriles is 2. The molecular formula is C19H12ClN3O. The average molecular weight is 334 g/mol. The van der Waals surface area contributed by atoms with Crippen LogP contribution in [-0.2, 0) is 0 Å². The van der Waals surface area contributed by atoms with E-state index >= 15 is 0 Å². The normalized spacial score (nSPS) is 11.1. The quantitative estimate of drug-likeness (QED) is 0.702. The maximum absolute atomic E-state index is 9.61. The molecule has 116 valence electrons. The number of H-pyrrole nitrogens is 1. The zero-order chi connectivity index (χ0) is 17.1. The highest BCUT2D eigenvalue weighted by atomic mass is 35.5. The number of nitrogens with zero attached hydrogens (tertiary/aromatic N) is 2. The molecule has 3 rings (SSSR count). The van der Waals surface area contributed by atoms with Crippen LogP contribution in [0.5, 0.6) is 5.75 Å². The van der Waals surface area contributed by atoms with Gasteiger partial charge < -0.3 is 9.72 Å². The first-order chi connectivity index (χ1) is 11.7. The van der Waals surface area contributed by atoms with Crippen LogP contribution < -0.4 is 4.74 Å². The molecule has 0 saturated carbocycles. The van der Waals surface area contributed by atoms with E-state index in [1.165, 1.54) is 0 Å². The highest BCUT2D eigenvalue weighted by Crippen LogP contribution is 2.30. The fourth-order valence-corrected chi connectivity index (χ4v) is 2.73. The molecule has 1 heterocycles. The van der Waals surface area contributed by atoms with E-state index in [0.29, 0.717) is 27.5 Å². The number of aromatic amines is 1. The van der Waals surface area contributed by atoms with Crippen molar-refractivity contribution in [1.82, 2.24) is 4.98 Å². The molecule has 0 bridgehead atoms. The number of ether oxygens (including phenoxy) is 1. The van der Waals surface area contributed by atoms with Gasteiger partial charge in [0.25, 0.3) is 0 Å². The molecule has 0 aliphatic rings. The van der Waals surface area contributed by atoms with Crippen molar-refractivity contribution in [3.63, 3.8) is 0 Å². The molecule has 1 aromatic heterocycles. The summed E-state index contributed by atoms with van der Waals surface area (Å²) in [7, 11) is 1.55. The third-order valence-electron chi connectivity index (χ3n) is 3.71. The van der Waals surface area contributed by atoms with Gasteiger partial charge in [-0.2, -0.15) is 10.5 Å². The SMILES string of the molecule is COc1ccc(C#N)cc1C=C(C#N)c1c[nH]c2ccc(Cl)cc12. The second-order valence-electron chi connectivity index (χ2n) is 5.13. The van der Waals surface area contributed by atoms with Crippen molar-refractivity contribution >= 4 is 34.2 Å². The van der Waals surface area contributed by atoms with E-state index in [2.05, 4.69) is 17.1 Å². The van der Waals surface area contributed by atoms with E-state index in [0.717, 1.165) is 16.5 Å². The zero-order valence-corrected chi connectivity index (χ0v) is 13.6. The molecule has 0 radical (unpaired) electrons. The van der Waals surface area contributed by atoms with Gasteiger partial charge in [0.1, 0.15) is 5.75 Å². The molecule has 0 saturated heterocycles. The van der Waals surface area contributed by atoms with Crippen LogP contribution in [0.1, 0.15) is 16.7 Å². The Morgan fingerprint density at radius 3 is 2.75 bits per heavy atom. The highest BCUT2D eigenvalue weighted by molar-refractivity contribution is 6.31. The van der Waals surface area contributed by atoms with E-state index in [1.54, 1.807) is 43.6 Å². The lowest BCUT2D eigenvalue weighted by Crippen LogP contribution is -1.89. The molecular weight excluding hydrogens is 322 g/mol. The van der Waals surface area contributed by atoms with Gasteiger partial charge in [0.2, 0.25) is 0 Å². The molecule has 0 spiro atoms. The van der Waals surface area contributed by atoms with Gasteiger partial charge in [-0.1, -0.05) is 11.6 Å². The summed E-state index contributed by atoms with van der Waals surface area (Å²) >= 11 is 6.07. The van der Waals surface area contributed by atoms with Gasteiger partial charge in [0.15, 0.2) is 0 Å². The first kappa shape index (κ1) is 15.7. The van der Waals surface area contributed by atoms with Crippen LogP contribution in [0, 0.1) is 22.7 Å². The molecule has 0 atom stereocenters. The summed E-state index contributed by atoms with van der Waals surface area (Å²) in [5.74, 6) is 0.597. The Morgan fingerprint density at radius 1 is 1.21 bits per heavy atom. The van der Waals surface area contributed by atoms with E-state index in [-0.39, 0.29) is 0 Å². The third kappa shape index (κ3) is 2.84. The number of allylic oxidation sites excluding steroid dienone is 1. The molecule has 0 fully saturated rings. The van der Waals surface area contributed by atoms with Crippen LogP contribution in [0.3, 0.4) is 0 Å². The average Bonchev–Trinajstić information content (AvgIpc) is 3.02. The van der Waals surface area contributed by atoms with Gasteiger partial charge in [-0.25, -0.2) is 0 Å². The van der Waals surface area contributed by atoms with Crippen molar-refractivity contribution in [2.75, 3.05) is 7.11 Å². The van der Waals surface area contributed by atoms with Crippen molar-refractivity contribution in [3.05, 3.63) is 64.3 Å². The molecule has 4 nitrogen and oxygen atoms in total. The van der Waals surface area contributed by atoms with Crippen molar-refractivity contribution in [2.24, 2.45) is 0 Å². The van der Waals surface area contributed by atoms with Gasteiger partial charge in [-0.15, -0.1) is 0 Å². The van der Waals surface area contributed by atoms with Crippen molar-refractivity contribution in [2.45, 2.75) is 0 Å². The monoisotopic (exact) mass is 333 g/mol. The van der Waals surface area contributed by atoms with E-state index in [1.807, 2.05) is 12.1 Å². The van der Waals surface area contributed by atoms with Crippen LogP contribution >= 0.6 is 11.6 Å². The first-order valence-electron chi connectivity index (χ1n) is 7.13. The lowest BCUT2D eigenvalue weighted by atomic mass is 10.0. The summed E-state index contributed by atoms with van der Waals surface area (Å²) in [6, 6.07) is 14.9. The number of rotatable bonds is 3. The molecule has 0 aliphatic carbocycles. The van der Waals surface area contributed by atoms with Crippen LogP contribution in [-0.4, -0.2) is 12.1 Å². The molecule has 0 amide bonds. The Bertz CT molecular complexity index is 1030. The van der Waals surface area contributed by atoms with Crippen LogP contribution in [0.4, 0.5) is 0 Å². The summed E-state index contributed by atoms with van der Waals surface area (Å²) in [4.78, 5) is 3.13. The van der Waals surface area contributed by atoms with Gasteiger partial charge in [0.05, 0.1) is 30.4 Å². The summed E-state index contributed by atoms with van der Waals surface area (Å²) in [5.41, 5.74) is 3.27. The number of methoxy groups -OCH3 is 1. The predicted octanol–water partition coefficient (Wildman–Crippen LogP) is 4.77. The van der Waals surface area contributed by atoms with Crippen molar-refractivity contribution in [3.8, 4) is 17.9 Å². The fraction of sp³-hybridized carbons (Fsp3) is 0.0526. The zero-order valence-electron chi connectivity index (χ0n) is 12.8. The second kappa shape index (κ2) is 6.50. The first-order valence-corrected chi connectivity index (χ1v) is 7.51. The molecule has 3 aromatic rings. The van der Waals surface area contributed by atoms with Crippen LogP contribution in [0.2, 0.25) is 5.02 Å². The Kier molecular flexibility index (Phi) is 4.24. The number of hydrogen-bond acceptors (Lipinski definition) is 3. The van der Waals surface area contributed by atoms with E-state index < -0.39 is 0 Å². The van der Waals surface area contributed by atoms with Crippen molar-refractivity contribution < 1.29 is 4.74 Å². The molecule has 0 aliphatic heterocycles. The van der Waals surface area contributed by atoms with Gasteiger partial charge in [0, 0.05) is 33.2 Å². The maximum Gasteiger partial charge on any atom is 0.126 e. The Morgan fingerprint density at radius 2 is 2.04 bits per heavy atom. The molecule has 5 heteroatoms. The van der Waals surface area contributed by atoms with Gasteiger partial charge in [-0.05, 0) is 42.5 Å². The Hall–Kier alpha value is -3.21. The number of fused-ring (bicyclic) bond motifs is 1. The van der Waals surface area contributed by atoms with Gasteiger partial charge >= 0.3 is 0 Å². The molecule has 1 N–H and O–H groups in total. The molecule has 24 heavy (non-hydrogen) atoms. The van der Waals surface area contributed by atoms with Crippen LogP contribution in [0.25, 0.3) is 22.6 Å². The topological polar surface area (TPSA) is 72.6 Å². The number of nitrogens with one attached hydrogen (secondary N) is 1. The van der Waals surface area contributed by atoms with Gasteiger partial charge in [-0.3, -0.25) is 0 Å². The second-order valence-corrected chi connectivity index (χ2v) is 5.57. The minimum Gasteiger partial charge on any atom is -0.496 e. The third-order valence-corrected chi connectivity index (χ3v) is 3.95. The Labute approximate surface area is 144 Å². The number of benzene rings is 2. The number of halogens is 1. The minimum atomic E-state index is 0.455. The smallest absolute Gasteiger partial charge is 0.126 e. The summed E-state index contributed by atoms with van der Waals surface area (Å²) in [6.45, 7) is 0. The maximum atomic E-state index is 9.61. The van der Waals surface area contributed by atoms with Crippen LogP contribution in [0.15, 0.2) is 42.6 Å². The fourth-order valence-electron chi connectivity index (χ4n) is 2.56. The summed E-state index contributed by atoms with van der Waals surface area (Å²) < 4.78 is 5.32. The number of aromatic nitrogens is 1. The predicted molar refractivity (Wildman–Crippen MR) is 94.5 cm³/mol. The minimum absolute atomic E-state index is 0.455. The standard InChI is InChI=1S/C19H12ClN3O/c1-24-19-5-2-12(9-21)6-13(19)7-14(10-22)17-11-23-18-4-3-15(20)8-16(17)18/h2-8,11,23H,1H3. The lowest BCUT2D eigenvalue weighted by molar-refractivity contribution is 0.414. The van der Waals surface area contributed by atoms with E-state index in [4.69, 9.17) is 21.6 Å². The van der Waals surface area contributed by atoms with E-state index in [9.17, 15) is 5.26 Å². The lowest BCUT2D eigenvalue weighted by Gasteiger charge is -2.06. The number of hydrogen-bond donors (Lipinski definition) is 1.